The first-order valence-corrected chi connectivity index (χ1v) is 35.3. The molecule has 0 aromatic carbocycles. The SMILES string of the molecule is C[C@H](N)C(=O)N[C@@H](C)C(=O)N[C@@H](C)C(=O)NCC(=O)N1CCC[C@H]1C(=O)N1CCC[C@H]1C(=O)N1CCC[C@H]1C(=O)N1CCC[C@H]1C(=O)N1CCC[C@H]1C(=O)NCC(=O)N1CCC[C@H]1C(=O)N1CCC[C@H]1C(=O)N1CCC[C@H]1C(=O)N1CCC[C@H]1C(=O)N1CCC[C@H]1C(=O)NCC(=O)O. The standard InChI is InChI=1S/C65H96N16O17/c1-37(66)53(86)70-39(3)55(88)71-38(2)54(87)67-34-50(82)72-24-6-16-42(72)58(91)76-28-10-20-46(76)62(95)80-32-12-22-48(80)64(97)78-30-8-18-44(78)60(93)74-26-4-14-40(74)56(89)68-35-51(83)73-25-7-17-43(73)59(92)77-29-11-21-47(77)63(96)81-33-13-23-49(81)65(98)79-31-9-19-45(79)61(94)75-27-5-15-41(75)57(90)69-36-52(84)85/h37-49H,4-36,66H2,1-3H3,(H,67,87)(H,68,89)(H,69,90)(H,70,86)(H,71,88)(H,84,85)/t37-,38-,39-,40-,41-,42-,43-,44-,45-,46-,47-,48-,49-/m0/s1. The highest BCUT2D eigenvalue weighted by Gasteiger charge is 2.52. The Morgan fingerprint density at radius 2 is 0.520 bits per heavy atom. The van der Waals surface area contributed by atoms with Gasteiger partial charge in [-0.2, -0.15) is 0 Å². The molecule has 538 valence electrons. The van der Waals surface area contributed by atoms with Gasteiger partial charge in [0, 0.05) is 65.4 Å². The van der Waals surface area contributed by atoms with Crippen molar-refractivity contribution in [3.63, 3.8) is 0 Å². The van der Waals surface area contributed by atoms with Crippen LogP contribution in [0.5, 0.6) is 0 Å². The fraction of sp³-hybridized carbons (Fsp3) is 0.754. The summed E-state index contributed by atoms with van der Waals surface area (Å²) < 4.78 is 0. The molecule has 10 saturated heterocycles. The number of aliphatic carboxylic acids is 1. The van der Waals surface area contributed by atoms with Crippen molar-refractivity contribution in [2.75, 3.05) is 85.1 Å². The van der Waals surface area contributed by atoms with Crippen molar-refractivity contribution in [3.05, 3.63) is 0 Å². The molecule has 0 saturated carbocycles. The molecule has 0 aromatic rings. The Morgan fingerprint density at radius 1 is 0.306 bits per heavy atom. The summed E-state index contributed by atoms with van der Waals surface area (Å²) in [5.74, 6) is -8.53. The average molecular weight is 1370 g/mol. The van der Waals surface area contributed by atoms with Gasteiger partial charge in [0.15, 0.2) is 0 Å². The highest BCUT2D eigenvalue weighted by Crippen LogP contribution is 2.35. The van der Waals surface area contributed by atoms with Crippen molar-refractivity contribution < 1.29 is 81.8 Å². The third-order valence-corrected chi connectivity index (χ3v) is 21.5. The number of carboxylic acids is 1. The van der Waals surface area contributed by atoms with Crippen molar-refractivity contribution in [3.8, 4) is 0 Å². The van der Waals surface area contributed by atoms with Gasteiger partial charge in [-0.1, -0.05) is 0 Å². The van der Waals surface area contributed by atoms with E-state index in [2.05, 4.69) is 26.6 Å². The van der Waals surface area contributed by atoms with Gasteiger partial charge in [0.25, 0.3) is 0 Å². The molecule has 15 amide bonds. The number of amides is 15. The molecule has 0 radical (unpaired) electrons. The van der Waals surface area contributed by atoms with E-state index in [1.54, 1.807) is 0 Å². The lowest BCUT2D eigenvalue weighted by molar-refractivity contribution is -0.154. The van der Waals surface area contributed by atoms with Gasteiger partial charge in [-0.3, -0.25) is 76.7 Å². The Hall–Kier alpha value is -8.52. The summed E-state index contributed by atoms with van der Waals surface area (Å²) in [7, 11) is 0. The molecule has 8 N–H and O–H groups in total. The summed E-state index contributed by atoms with van der Waals surface area (Å²) in [6, 6.07) is -11.9. The van der Waals surface area contributed by atoms with Crippen LogP contribution >= 0.6 is 0 Å². The maximum atomic E-state index is 14.7. The third-order valence-electron chi connectivity index (χ3n) is 21.5. The molecular weight excluding hydrogens is 1280 g/mol. The van der Waals surface area contributed by atoms with Crippen molar-refractivity contribution in [1.82, 2.24) is 75.6 Å². The van der Waals surface area contributed by atoms with Gasteiger partial charge in [0.2, 0.25) is 88.6 Å². The Labute approximate surface area is 568 Å². The van der Waals surface area contributed by atoms with Crippen LogP contribution in [0.4, 0.5) is 0 Å². The maximum absolute atomic E-state index is 14.7. The Bertz CT molecular complexity index is 3170. The molecule has 10 heterocycles. The van der Waals surface area contributed by atoms with E-state index in [1.165, 1.54) is 69.8 Å². The Kier molecular flexibility index (Phi) is 23.3. The Balaban J connectivity index is 0.693. The van der Waals surface area contributed by atoms with E-state index in [4.69, 9.17) is 10.8 Å². The summed E-state index contributed by atoms with van der Waals surface area (Å²) in [4.78, 5) is 234. The summed E-state index contributed by atoms with van der Waals surface area (Å²) in [6.45, 7) is 5.24. The highest BCUT2D eigenvalue weighted by molar-refractivity contribution is 6.01. The minimum absolute atomic E-state index is 0.223. The first-order valence-electron chi connectivity index (χ1n) is 35.3. The zero-order chi connectivity index (χ0) is 70.4. The predicted octanol–water partition coefficient (Wildman–Crippen LogP) is -4.31. The second-order valence-electron chi connectivity index (χ2n) is 27.8. The van der Waals surface area contributed by atoms with Gasteiger partial charge in [-0.25, -0.2) is 0 Å². The summed E-state index contributed by atoms with van der Waals surface area (Å²) in [5.41, 5.74) is 5.56. The molecule has 0 aliphatic carbocycles. The minimum atomic E-state index is -1.22. The van der Waals surface area contributed by atoms with Crippen LogP contribution in [0.3, 0.4) is 0 Å². The highest BCUT2D eigenvalue weighted by atomic mass is 16.4. The van der Waals surface area contributed by atoms with Crippen LogP contribution in [0.2, 0.25) is 0 Å². The summed E-state index contributed by atoms with van der Waals surface area (Å²) in [6.07, 6.45) is 8.35. The van der Waals surface area contributed by atoms with Gasteiger partial charge in [0.05, 0.1) is 19.1 Å². The number of nitrogens with two attached hydrogens (primary N) is 1. The first-order chi connectivity index (χ1) is 46.9. The number of carbonyl (C=O) groups is 16. The number of hydrogen-bond donors (Lipinski definition) is 7. The average Bonchev–Trinajstić information content (AvgIpc) is 1.62. The lowest BCUT2D eigenvalue weighted by Crippen LogP contribution is -2.58. The van der Waals surface area contributed by atoms with E-state index >= 15 is 0 Å². The number of carboxylic acid groups (broad SMARTS) is 1. The topological polar surface area (TPSA) is 412 Å². The molecular formula is C65H96N16O17. The van der Waals surface area contributed by atoms with Crippen molar-refractivity contribution in [2.45, 2.75) is 228 Å². The van der Waals surface area contributed by atoms with Gasteiger partial charge in [-0.05, 0) is 149 Å². The van der Waals surface area contributed by atoms with Gasteiger partial charge in [0.1, 0.15) is 79.0 Å². The van der Waals surface area contributed by atoms with E-state index in [9.17, 15) is 76.7 Å². The van der Waals surface area contributed by atoms with Crippen molar-refractivity contribution in [2.24, 2.45) is 5.73 Å². The molecule has 13 atom stereocenters. The summed E-state index contributed by atoms with van der Waals surface area (Å²) >= 11 is 0. The zero-order valence-corrected chi connectivity index (χ0v) is 56.4. The van der Waals surface area contributed by atoms with E-state index in [0.29, 0.717) is 128 Å². The maximum Gasteiger partial charge on any atom is 0.322 e. The second kappa shape index (κ2) is 31.6. The molecule has 0 spiro atoms. The van der Waals surface area contributed by atoms with Crippen LogP contribution in [0.1, 0.15) is 149 Å². The van der Waals surface area contributed by atoms with E-state index < -0.39 is 187 Å². The molecule has 33 heteroatoms. The van der Waals surface area contributed by atoms with Gasteiger partial charge < -0.3 is 86.4 Å². The van der Waals surface area contributed by atoms with Crippen LogP contribution in [0, 0.1) is 0 Å². The molecule has 10 aliphatic heterocycles. The normalized spacial score (nSPS) is 27.9. The lowest BCUT2D eigenvalue weighted by atomic mass is 10.1. The van der Waals surface area contributed by atoms with Crippen molar-refractivity contribution in [1.29, 1.82) is 0 Å². The third kappa shape index (κ3) is 15.3. The Morgan fingerprint density at radius 3 is 0.796 bits per heavy atom. The largest absolute Gasteiger partial charge is 0.480 e. The molecule has 10 rings (SSSR count). The zero-order valence-electron chi connectivity index (χ0n) is 56.4. The number of hydrogen-bond acceptors (Lipinski definition) is 17. The monoisotopic (exact) mass is 1370 g/mol. The fourth-order valence-electron chi connectivity index (χ4n) is 16.4. The van der Waals surface area contributed by atoms with E-state index in [-0.39, 0.29) is 71.4 Å². The van der Waals surface area contributed by atoms with E-state index in [1.807, 2.05) is 0 Å². The fourth-order valence-corrected chi connectivity index (χ4v) is 16.4. The van der Waals surface area contributed by atoms with Crippen molar-refractivity contribution >= 4 is 94.6 Å². The molecule has 33 nitrogen and oxygen atoms in total. The van der Waals surface area contributed by atoms with Crippen LogP contribution in [0.15, 0.2) is 0 Å². The van der Waals surface area contributed by atoms with Gasteiger partial charge in [-0.15, -0.1) is 0 Å². The molecule has 0 bridgehead atoms. The van der Waals surface area contributed by atoms with E-state index in [0.717, 1.165) is 0 Å². The molecule has 98 heavy (non-hydrogen) atoms. The first kappa shape index (κ1) is 72.2. The second-order valence-corrected chi connectivity index (χ2v) is 27.8. The van der Waals surface area contributed by atoms with Gasteiger partial charge >= 0.3 is 5.97 Å². The number of carbonyl (C=O) groups excluding carboxylic acids is 15. The lowest BCUT2D eigenvalue weighted by Gasteiger charge is -2.36. The molecule has 0 aromatic heterocycles. The molecule has 10 fully saturated rings. The molecule has 10 aliphatic rings. The van der Waals surface area contributed by atoms with Crippen LogP contribution < -0.4 is 32.3 Å². The predicted molar refractivity (Wildman–Crippen MR) is 343 cm³/mol. The van der Waals surface area contributed by atoms with Crippen LogP contribution in [-0.2, 0) is 76.7 Å². The number of rotatable bonds is 21. The number of nitrogens with zero attached hydrogens (tertiary/aromatic N) is 10. The molecule has 0 unspecified atom stereocenters. The number of likely N-dealkylation sites (tertiary alicyclic amines) is 10. The quantitative estimate of drug-likeness (QED) is 0.0571. The minimum Gasteiger partial charge on any atom is -0.480 e. The van der Waals surface area contributed by atoms with Crippen LogP contribution in [0.25, 0.3) is 0 Å². The number of nitrogens with one attached hydrogen (secondary N) is 5. The van der Waals surface area contributed by atoms with Crippen LogP contribution in [-0.4, -0.2) is 312 Å². The smallest absolute Gasteiger partial charge is 0.322 e. The summed E-state index contributed by atoms with van der Waals surface area (Å²) in [5, 5.41) is 21.6.